The fourth-order valence-corrected chi connectivity index (χ4v) is 2.53. The molecule has 0 fully saturated rings. The third-order valence-corrected chi connectivity index (χ3v) is 3.46. The quantitative estimate of drug-likeness (QED) is 0.748. The summed E-state index contributed by atoms with van der Waals surface area (Å²) in [6.45, 7) is 7.25. The summed E-state index contributed by atoms with van der Waals surface area (Å²) in [6.07, 6.45) is 1.81. The van der Waals surface area contributed by atoms with Gasteiger partial charge in [-0.15, -0.1) is 0 Å². The molecule has 0 spiro atoms. The SMILES string of the molecule is CCCN(c1nc(Cl)c(C=O)s1)C(C)C. The van der Waals surface area contributed by atoms with Gasteiger partial charge < -0.3 is 4.90 Å². The fourth-order valence-electron chi connectivity index (χ4n) is 1.31. The summed E-state index contributed by atoms with van der Waals surface area (Å²) in [4.78, 5) is 17.5. The van der Waals surface area contributed by atoms with E-state index in [0.29, 0.717) is 16.1 Å². The molecule has 0 N–H and O–H groups in total. The van der Waals surface area contributed by atoms with Gasteiger partial charge in [-0.05, 0) is 20.3 Å². The number of hydrogen-bond acceptors (Lipinski definition) is 4. The first-order chi connectivity index (χ1) is 7.10. The van der Waals surface area contributed by atoms with Crippen LogP contribution < -0.4 is 4.90 Å². The second-order valence-electron chi connectivity index (χ2n) is 3.56. The summed E-state index contributed by atoms with van der Waals surface area (Å²) in [6, 6.07) is 0.367. The van der Waals surface area contributed by atoms with Crippen molar-refractivity contribution in [3.05, 3.63) is 10.0 Å². The normalized spacial score (nSPS) is 10.7. The number of nitrogens with zero attached hydrogens (tertiary/aromatic N) is 2. The van der Waals surface area contributed by atoms with Gasteiger partial charge in [-0.25, -0.2) is 4.98 Å². The molecule has 1 heterocycles. The van der Waals surface area contributed by atoms with Crippen molar-refractivity contribution in [3.63, 3.8) is 0 Å². The highest BCUT2D eigenvalue weighted by atomic mass is 35.5. The molecule has 84 valence electrons. The van der Waals surface area contributed by atoms with Gasteiger partial charge in [-0.1, -0.05) is 29.9 Å². The monoisotopic (exact) mass is 246 g/mol. The molecular formula is C10H15ClN2OS. The third kappa shape index (κ3) is 2.92. The Morgan fingerprint density at radius 2 is 2.27 bits per heavy atom. The van der Waals surface area contributed by atoms with Crippen LogP contribution in [0.4, 0.5) is 5.13 Å². The number of aldehydes is 1. The molecule has 0 radical (unpaired) electrons. The first-order valence-electron chi connectivity index (χ1n) is 4.98. The minimum absolute atomic E-state index is 0.312. The van der Waals surface area contributed by atoms with Gasteiger partial charge in [0.05, 0.1) is 0 Å². The lowest BCUT2D eigenvalue weighted by molar-refractivity contribution is 0.112. The molecule has 0 bridgehead atoms. The molecule has 0 amide bonds. The predicted molar refractivity (Wildman–Crippen MR) is 65.3 cm³/mol. The maximum absolute atomic E-state index is 10.7. The lowest BCUT2D eigenvalue weighted by Crippen LogP contribution is -2.31. The number of aromatic nitrogens is 1. The van der Waals surface area contributed by atoms with E-state index in [1.165, 1.54) is 11.3 Å². The number of carbonyl (C=O) groups excluding carboxylic acids is 1. The second kappa shape index (κ2) is 5.47. The standard InChI is InChI=1S/C10H15ClN2OS/c1-4-5-13(7(2)3)10-12-9(11)8(6-14)15-10/h6-7H,4-5H2,1-3H3. The molecule has 15 heavy (non-hydrogen) atoms. The van der Waals surface area contributed by atoms with Gasteiger partial charge in [0.15, 0.2) is 16.6 Å². The summed E-state index contributed by atoms with van der Waals surface area (Å²) in [5, 5.41) is 1.14. The molecule has 0 aliphatic heterocycles. The number of anilines is 1. The van der Waals surface area contributed by atoms with E-state index in [9.17, 15) is 4.79 Å². The van der Waals surface area contributed by atoms with Gasteiger partial charge >= 0.3 is 0 Å². The molecule has 0 saturated carbocycles. The summed E-state index contributed by atoms with van der Waals surface area (Å²) in [5.41, 5.74) is 0. The Morgan fingerprint density at radius 1 is 1.60 bits per heavy atom. The molecule has 1 aromatic rings. The van der Waals surface area contributed by atoms with Gasteiger partial charge in [-0.3, -0.25) is 4.79 Å². The van der Waals surface area contributed by atoms with Gasteiger partial charge in [-0.2, -0.15) is 0 Å². The zero-order chi connectivity index (χ0) is 11.4. The third-order valence-electron chi connectivity index (χ3n) is 2.04. The highest BCUT2D eigenvalue weighted by Crippen LogP contribution is 2.29. The molecule has 0 aromatic carbocycles. The molecule has 1 aromatic heterocycles. The van der Waals surface area contributed by atoms with E-state index >= 15 is 0 Å². The molecule has 0 saturated heterocycles. The summed E-state index contributed by atoms with van der Waals surface area (Å²) < 4.78 is 0. The Labute approximate surface area is 99.1 Å². The number of rotatable bonds is 5. The minimum Gasteiger partial charge on any atom is -0.346 e. The topological polar surface area (TPSA) is 33.2 Å². The number of thiazole rings is 1. The lowest BCUT2D eigenvalue weighted by atomic mass is 10.3. The first kappa shape index (κ1) is 12.5. The van der Waals surface area contributed by atoms with Crippen molar-refractivity contribution in [1.82, 2.24) is 4.98 Å². The van der Waals surface area contributed by atoms with E-state index in [2.05, 4.69) is 30.7 Å². The smallest absolute Gasteiger partial charge is 0.187 e. The Bertz CT molecular complexity index is 338. The molecule has 1 rings (SSSR count). The van der Waals surface area contributed by atoms with Crippen molar-refractivity contribution in [2.75, 3.05) is 11.4 Å². The number of halogens is 1. The van der Waals surface area contributed by atoms with Crippen LogP contribution in [0.3, 0.4) is 0 Å². The zero-order valence-electron chi connectivity index (χ0n) is 9.16. The van der Waals surface area contributed by atoms with Crippen LogP contribution in [0.1, 0.15) is 36.9 Å². The lowest BCUT2D eigenvalue weighted by Gasteiger charge is -2.25. The van der Waals surface area contributed by atoms with E-state index in [1.54, 1.807) is 0 Å². The average Bonchev–Trinajstić information content (AvgIpc) is 2.55. The molecule has 0 aliphatic rings. The zero-order valence-corrected chi connectivity index (χ0v) is 10.7. The Kier molecular flexibility index (Phi) is 4.54. The molecule has 0 atom stereocenters. The van der Waals surface area contributed by atoms with Crippen molar-refractivity contribution in [1.29, 1.82) is 0 Å². The van der Waals surface area contributed by atoms with Crippen molar-refractivity contribution in [3.8, 4) is 0 Å². The van der Waals surface area contributed by atoms with Crippen LogP contribution in [-0.4, -0.2) is 23.9 Å². The molecular weight excluding hydrogens is 232 g/mol. The van der Waals surface area contributed by atoms with E-state index in [0.717, 1.165) is 24.4 Å². The minimum atomic E-state index is 0.312. The maximum Gasteiger partial charge on any atom is 0.187 e. The highest BCUT2D eigenvalue weighted by molar-refractivity contribution is 7.17. The van der Waals surface area contributed by atoms with Crippen LogP contribution in [0.15, 0.2) is 0 Å². The second-order valence-corrected chi connectivity index (χ2v) is 4.92. The van der Waals surface area contributed by atoms with E-state index in [4.69, 9.17) is 11.6 Å². The maximum atomic E-state index is 10.7. The number of hydrogen-bond donors (Lipinski definition) is 0. The number of carbonyl (C=O) groups is 1. The van der Waals surface area contributed by atoms with Crippen molar-refractivity contribution < 1.29 is 4.79 Å². The van der Waals surface area contributed by atoms with Gasteiger partial charge in [0.1, 0.15) is 4.88 Å². The predicted octanol–water partition coefficient (Wildman–Crippen LogP) is 3.23. The molecule has 0 unspecified atom stereocenters. The first-order valence-corrected chi connectivity index (χ1v) is 6.17. The highest BCUT2D eigenvalue weighted by Gasteiger charge is 2.16. The van der Waals surface area contributed by atoms with Crippen LogP contribution in [-0.2, 0) is 0 Å². The molecule has 5 heteroatoms. The average molecular weight is 247 g/mol. The Hall–Kier alpha value is -0.610. The Morgan fingerprint density at radius 3 is 2.67 bits per heavy atom. The van der Waals surface area contributed by atoms with E-state index in [1.807, 2.05) is 0 Å². The summed E-state index contributed by atoms with van der Waals surface area (Å²) in [5.74, 6) is 0. The largest absolute Gasteiger partial charge is 0.346 e. The van der Waals surface area contributed by atoms with Gasteiger partial charge in [0.2, 0.25) is 0 Å². The van der Waals surface area contributed by atoms with Crippen LogP contribution in [0.25, 0.3) is 0 Å². The Balaban J connectivity index is 2.95. The van der Waals surface area contributed by atoms with Gasteiger partial charge in [0, 0.05) is 12.6 Å². The molecule has 3 nitrogen and oxygen atoms in total. The van der Waals surface area contributed by atoms with Crippen LogP contribution in [0.5, 0.6) is 0 Å². The fraction of sp³-hybridized carbons (Fsp3) is 0.600. The van der Waals surface area contributed by atoms with E-state index in [-0.39, 0.29) is 0 Å². The van der Waals surface area contributed by atoms with Crippen molar-refractivity contribution >= 4 is 34.4 Å². The van der Waals surface area contributed by atoms with Crippen molar-refractivity contribution in [2.45, 2.75) is 33.2 Å². The van der Waals surface area contributed by atoms with Crippen LogP contribution >= 0.6 is 22.9 Å². The van der Waals surface area contributed by atoms with Crippen LogP contribution in [0.2, 0.25) is 5.15 Å². The van der Waals surface area contributed by atoms with Crippen molar-refractivity contribution in [2.24, 2.45) is 0 Å². The van der Waals surface area contributed by atoms with Gasteiger partial charge in [0.25, 0.3) is 0 Å². The van der Waals surface area contributed by atoms with E-state index < -0.39 is 0 Å². The molecule has 0 aliphatic carbocycles. The summed E-state index contributed by atoms with van der Waals surface area (Å²) >= 11 is 7.19. The summed E-state index contributed by atoms with van der Waals surface area (Å²) in [7, 11) is 0. The van der Waals surface area contributed by atoms with Crippen LogP contribution in [0, 0.1) is 0 Å².